The van der Waals surface area contributed by atoms with Crippen LogP contribution in [-0.2, 0) is 0 Å². The molecular formula is C12H12F4N2S. The van der Waals surface area contributed by atoms with E-state index in [2.05, 4.69) is 5.32 Å². The Morgan fingerprint density at radius 2 is 1.84 bits per heavy atom. The van der Waals surface area contributed by atoms with E-state index in [1.54, 1.807) is 11.9 Å². The fraction of sp³-hybridized carbons (Fsp3) is 0.417. The highest BCUT2D eigenvalue weighted by atomic mass is 32.1. The van der Waals surface area contributed by atoms with Crippen molar-refractivity contribution < 1.29 is 17.6 Å². The van der Waals surface area contributed by atoms with Gasteiger partial charge < -0.3 is 10.2 Å². The summed E-state index contributed by atoms with van der Waals surface area (Å²) in [4.78, 5) is 1.71. The van der Waals surface area contributed by atoms with Gasteiger partial charge in [0.15, 0.2) is 28.4 Å². The maximum atomic E-state index is 13.7. The van der Waals surface area contributed by atoms with E-state index in [1.807, 2.05) is 0 Å². The van der Waals surface area contributed by atoms with Gasteiger partial charge in [-0.15, -0.1) is 0 Å². The van der Waals surface area contributed by atoms with E-state index < -0.39 is 34.8 Å². The molecule has 0 aliphatic carbocycles. The minimum Gasteiger partial charge on any atom is -0.366 e. The van der Waals surface area contributed by atoms with Gasteiger partial charge in [0.25, 0.3) is 0 Å². The van der Waals surface area contributed by atoms with Crippen LogP contribution in [0.4, 0.5) is 17.6 Å². The van der Waals surface area contributed by atoms with Gasteiger partial charge in [-0.2, -0.15) is 0 Å². The van der Waals surface area contributed by atoms with Gasteiger partial charge in [-0.05, 0) is 18.6 Å². The molecule has 0 radical (unpaired) electrons. The highest BCUT2D eigenvalue weighted by Gasteiger charge is 2.32. The van der Waals surface area contributed by atoms with Crippen molar-refractivity contribution in [1.29, 1.82) is 0 Å². The molecule has 1 N–H and O–H groups in total. The number of nitrogens with one attached hydrogen (secondary N) is 1. The molecule has 1 fully saturated rings. The normalized spacial score (nSPS) is 18.8. The lowest BCUT2D eigenvalue weighted by Crippen LogP contribution is -2.35. The van der Waals surface area contributed by atoms with E-state index in [0.717, 1.165) is 0 Å². The zero-order chi connectivity index (χ0) is 14.2. The zero-order valence-electron chi connectivity index (χ0n) is 10.1. The lowest BCUT2D eigenvalue weighted by atomic mass is 9.97. The van der Waals surface area contributed by atoms with E-state index >= 15 is 0 Å². The van der Waals surface area contributed by atoms with E-state index in [0.29, 0.717) is 18.1 Å². The van der Waals surface area contributed by atoms with Gasteiger partial charge >= 0.3 is 0 Å². The minimum absolute atomic E-state index is 0.221. The molecule has 1 saturated heterocycles. The number of nitrogens with zero attached hydrogens (tertiary/aromatic N) is 1. The van der Waals surface area contributed by atoms with Gasteiger partial charge in [0.1, 0.15) is 0 Å². The molecular weight excluding hydrogens is 280 g/mol. The summed E-state index contributed by atoms with van der Waals surface area (Å²) in [7, 11) is 1.64. The van der Waals surface area contributed by atoms with Crippen LogP contribution in [0.3, 0.4) is 0 Å². The first-order valence-electron chi connectivity index (χ1n) is 5.75. The van der Waals surface area contributed by atoms with Gasteiger partial charge in [0.05, 0.1) is 0 Å². The molecule has 1 aliphatic heterocycles. The second kappa shape index (κ2) is 5.32. The molecule has 1 aromatic carbocycles. The van der Waals surface area contributed by atoms with Crippen molar-refractivity contribution in [3.05, 3.63) is 34.9 Å². The maximum absolute atomic E-state index is 13.7. The molecule has 0 aromatic heterocycles. The first-order chi connectivity index (χ1) is 8.95. The lowest BCUT2D eigenvalue weighted by molar-refractivity contribution is 0.423. The summed E-state index contributed by atoms with van der Waals surface area (Å²) in [5, 5.41) is 3.20. The molecule has 0 saturated carbocycles. The molecule has 2 nitrogen and oxygen atoms in total. The Kier molecular flexibility index (Phi) is 3.93. The maximum Gasteiger partial charge on any atom is 0.168 e. The number of halogens is 4. The summed E-state index contributed by atoms with van der Waals surface area (Å²) < 4.78 is 53.6. The predicted octanol–water partition coefficient (Wildman–Crippen LogP) is 2.54. The van der Waals surface area contributed by atoms with E-state index in [4.69, 9.17) is 12.2 Å². The molecule has 0 amide bonds. The lowest BCUT2D eigenvalue weighted by Gasteiger charge is -2.19. The third kappa shape index (κ3) is 2.51. The predicted molar refractivity (Wildman–Crippen MR) is 66.9 cm³/mol. The number of likely N-dealkylation sites (tertiary alicyclic amines) is 1. The van der Waals surface area contributed by atoms with Gasteiger partial charge in [-0.25, -0.2) is 17.6 Å². The topological polar surface area (TPSA) is 15.3 Å². The molecule has 0 spiro atoms. The quantitative estimate of drug-likeness (QED) is 0.486. The Morgan fingerprint density at radius 3 is 2.37 bits per heavy atom. The number of benzene rings is 1. The van der Waals surface area contributed by atoms with Crippen LogP contribution in [0.1, 0.15) is 17.9 Å². The van der Waals surface area contributed by atoms with Crippen molar-refractivity contribution in [1.82, 2.24) is 10.2 Å². The van der Waals surface area contributed by atoms with E-state index in [-0.39, 0.29) is 12.6 Å². The van der Waals surface area contributed by atoms with Crippen LogP contribution in [0.15, 0.2) is 6.07 Å². The Labute approximate surface area is 113 Å². The first-order valence-corrected chi connectivity index (χ1v) is 6.16. The van der Waals surface area contributed by atoms with Gasteiger partial charge in [-0.1, -0.05) is 0 Å². The van der Waals surface area contributed by atoms with E-state index in [1.165, 1.54) is 0 Å². The fourth-order valence-corrected chi connectivity index (χ4v) is 2.45. The summed E-state index contributed by atoms with van der Waals surface area (Å²) in [5.74, 6) is -5.99. The summed E-state index contributed by atoms with van der Waals surface area (Å²) in [6.07, 6.45) is 0.387. The Morgan fingerprint density at radius 1 is 1.26 bits per heavy atom. The number of hydrogen-bond acceptors (Lipinski definition) is 1. The van der Waals surface area contributed by atoms with Crippen LogP contribution < -0.4 is 5.32 Å². The number of thiocarbonyl (C=S) groups is 1. The molecule has 1 heterocycles. The van der Waals surface area contributed by atoms with Gasteiger partial charge in [0, 0.05) is 37.7 Å². The van der Waals surface area contributed by atoms with Gasteiger partial charge in [0.2, 0.25) is 0 Å². The standard InChI is InChI=1S/C12H12F4N2S/c1-17-12(19)18-3-2-6(5-18)9-10(15)7(13)4-8(14)11(9)16/h4,6H,2-3,5H2,1H3,(H,17,19)/t6-/m1/s1. The second-order valence-corrected chi connectivity index (χ2v) is 4.76. The van der Waals surface area contributed by atoms with Crippen LogP contribution in [0.2, 0.25) is 0 Å². The Hall–Kier alpha value is -1.37. The fourth-order valence-electron chi connectivity index (χ4n) is 2.29. The van der Waals surface area contributed by atoms with Crippen molar-refractivity contribution >= 4 is 17.3 Å². The van der Waals surface area contributed by atoms with Crippen LogP contribution in [0, 0.1) is 23.3 Å². The van der Waals surface area contributed by atoms with Crippen LogP contribution in [-0.4, -0.2) is 30.1 Å². The summed E-state index contributed by atoms with van der Waals surface area (Å²) in [5.41, 5.74) is -0.529. The largest absolute Gasteiger partial charge is 0.366 e. The summed E-state index contributed by atoms with van der Waals surface area (Å²) in [6.45, 7) is 0.720. The molecule has 1 aromatic rings. The third-order valence-electron chi connectivity index (χ3n) is 3.24. The van der Waals surface area contributed by atoms with Gasteiger partial charge in [-0.3, -0.25) is 0 Å². The van der Waals surface area contributed by atoms with Crippen molar-refractivity contribution in [2.45, 2.75) is 12.3 Å². The van der Waals surface area contributed by atoms with Crippen molar-refractivity contribution in [3.63, 3.8) is 0 Å². The number of rotatable bonds is 1. The summed E-state index contributed by atoms with van der Waals surface area (Å²) >= 11 is 5.01. The number of hydrogen-bond donors (Lipinski definition) is 1. The molecule has 104 valence electrons. The van der Waals surface area contributed by atoms with Crippen molar-refractivity contribution in [3.8, 4) is 0 Å². The molecule has 1 atom stereocenters. The molecule has 0 bridgehead atoms. The first kappa shape index (κ1) is 14.0. The van der Waals surface area contributed by atoms with E-state index in [9.17, 15) is 17.6 Å². The average molecular weight is 292 g/mol. The molecule has 2 rings (SSSR count). The zero-order valence-corrected chi connectivity index (χ0v) is 11.0. The minimum atomic E-state index is -1.37. The highest BCUT2D eigenvalue weighted by molar-refractivity contribution is 7.80. The van der Waals surface area contributed by atoms with Crippen molar-refractivity contribution in [2.75, 3.05) is 20.1 Å². The SMILES string of the molecule is CNC(=S)N1CC[C@@H](c2c(F)c(F)cc(F)c2F)C1. The Balaban J connectivity index is 2.32. The van der Waals surface area contributed by atoms with Crippen LogP contribution in [0.25, 0.3) is 0 Å². The monoisotopic (exact) mass is 292 g/mol. The average Bonchev–Trinajstić information content (AvgIpc) is 2.85. The molecule has 1 aliphatic rings. The second-order valence-electron chi connectivity index (χ2n) is 4.37. The molecule has 0 unspecified atom stereocenters. The third-order valence-corrected chi connectivity index (χ3v) is 3.71. The summed E-state index contributed by atoms with van der Waals surface area (Å²) in [6, 6.07) is 0.221. The van der Waals surface area contributed by atoms with Crippen LogP contribution >= 0.6 is 12.2 Å². The highest BCUT2D eigenvalue weighted by Crippen LogP contribution is 2.33. The molecule has 19 heavy (non-hydrogen) atoms. The smallest absolute Gasteiger partial charge is 0.168 e. The Bertz CT molecular complexity index is 495. The van der Waals surface area contributed by atoms with Crippen molar-refractivity contribution in [2.24, 2.45) is 0 Å². The van der Waals surface area contributed by atoms with Crippen LogP contribution in [0.5, 0.6) is 0 Å². The molecule has 7 heteroatoms.